The first-order chi connectivity index (χ1) is 14.9. The molecule has 1 aromatic carbocycles. The number of nitrogens with zero attached hydrogens (tertiary/aromatic N) is 1. The van der Waals surface area contributed by atoms with Crippen LogP contribution in [0.5, 0.6) is 5.75 Å². The van der Waals surface area contributed by atoms with Crippen molar-refractivity contribution >= 4 is 36.4 Å². The van der Waals surface area contributed by atoms with Crippen LogP contribution in [0.3, 0.4) is 0 Å². The van der Waals surface area contributed by atoms with E-state index in [1.54, 1.807) is 31.2 Å². The second-order valence-corrected chi connectivity index (χ2v) is 9.01. The number of nitrogens with one attached hydrogen (secondary N) is 1. The Morgan fingerprint density at radius 3 is 2.12 bits per heavy atom. The molecule has 5 N–H and O–H groups in total. The van der Waals surface area contributed by atoms with Gasteiger partial charge < -0.3 is 21.5 Å². The number of carbonyl (C=O) groups is 4. The van der Waals surface area contributed by atoms with Gasteiger partial charge in [0.25, 0.3) is 0 Å². The molecule has 0 aromatic heterocycles. The summed E-state index contributed by atoms with van der Waals surface area (Å²) >= 11 is 4.48. The Hall–Kier alpha value is -2.75. The van der Waals surface area contributed by atoms with Crippen LogP contribution in [0.1, 0.15) is 39.2 Å². The summed E-state index contributed by atoms with van der Waals surface area (Å²) < 4.78 is 5.12. The van der Waals surface area contributed by atoms with Gasteiger partial charge in [-0.2, -0.15) is 12.6 Å². The zero-order chi connectivity index (χ0) is 24.6. The van der Waals surface area contributed by atoms with Crippen LogP contribution in [0.4, 0.5) is 4.79 Å². The average molecular weight is 467 g/mol. The Morgan fingerprint density at radius 1 is 1.16 bits per heavy atom. The molecule has 10 heteroatoms. The highest BCUT2D eigenvalue weighted by molar-refractivity contribution is 7.81. The second-order valence-electron chi connectivity index (χ2n) is 8.38. The Bertz CT molecular complexity index is 830. The molecular formula is C22H34N4O5S. The molecule has 0 aliphatic rings. The summed E-state index contributed by atoms with van der Waals surface area (Å²) in [5.41, 5.74) is 10.7. The van der Waals surface area contributed by atoms with Crippen molar-refractivity contribution in [3.05, 3.63) is 29.8 Å². The Labute approximate surface area is 194 Å². The van der Waals surface area contributed by atoms with Crippen LogP contribution in [0.25, 0.3) is 0 Å². The molecule has 1 rings (SSSR count). The maximum atomic E-state index is 13.1. The van der Waals surface area contributed by atoms with Gasteiger partial charge in [-0.3, -0.25) is 19.3 Å². The van der Waals surface area contributed by atoms with Crippen molar-refractivity contribution in [1.82, 2.24) is 10.2 Å². The first kappa shape index (κ1) is 27.3. The minimum atomic E-state index is -1.18. The van der Waals surface area contributed by atoms with Crippen molar-refractivity contribution in [1.29, 1.82) is 0 Å². The average Bonchev–Trinajstić information content (AvgIpc) is 2.72. The smallest absolute Gasteiger partial charge is 0.322 e. The van der Waals surface area contributed by atoms with Crippen LogP contribution >= 0.6 is 12.6 Å². The number of urea groups is 1. The minimum absolute atomic E-state index is 0.0503. The minimum Gasteiger partial charge on any atom is -0.497 e. The van der Waals surface area contributed by atoms with E-state index in [2.05, 4.69) is 17.9 Å². The molecule has 0 radical (unpaired) electrons. The first-order valence-corrected chi connectivity index (χ1v) is 10.8. The molecule has 3 atom stereocenters. The van der Waals surface area contributed by atoms with Gasteiger partial charge in [0.1, 0.15) is 11.8 Å². The van der Waals surface area contributed by atoms with E-state index < -0.39 is 40.5 Å². The number of ether oxygens (including phenoxy) is 1. The van der Waals surface area contributed by atoms with Crippen molar-refractivity contribution in [2.24, 2.45) is 22.8 Å². The Balaban J connectivity index is 3.21. The number of rotatable bonds is 11. The van der Waals surface area contributed by atoms with Crippen LogP contribution in [-0.4, -0.2) is 54.1 Å². The summed E-state index contributed by atoms with van der Waals surface area (Å²) in [6.07, 6.45) is 0.161. The van der Waals surface area contributed by atoms with Gasteiger partial charge in [-0.25, -0.2) is 4.79 Å². The van der Waals surface area contributed by atoms with Crippen LogP contribution in [-0.2, 0) is 20.8 Å². The van der Waals surface area contributed by atoms with Gasteiger partial charge in [0.15, 0.2) is 0 Å². The molecule has 0 saturated heterocycles. The maximum absolute atomic E-state index is 13.1. The van der Waals surface area contributed by atoms with Crippen molar-refractivity contribution in [3.63, 3.8) is 0 Å². The predicted octanol–water partition coefficient (Wildman–Crippen LogP) is 1.49. The number of amides is 5. The molecule has 9 nitrogen and oxygen atoms in total. The molecule has 32 heavy (non-hydrogen) atoms. The number of methoxy groups -OCH3 is 1. The number of hydrogen-bond donors (Lipinski definition) is 4. The predicted molar refractivity (Wildman–Crippen MR) is 125 cm³/mol. The Morgan fingerprint density at radius 2 is 1.72 bits per heavy atom. The highest BCUT2D eigenvalue weighted by atomic mass is 32.1. The second kappa shape index (κ2) is 11.8. The fraction of sp³-hybridized carbons (Fsp3) is 0.545. The third-order valence-corrected chi connectivity index (χ3v) is 6.21. The van der Waals surface area contributed by atoms with Crippen LogP contribution in [0.2, 0.25) is 0 Å². The number of hydrogen-bond acceptors (Lipinski definition) is 6. The molecule has 0 aliphatic heterocycles. The summed E-state index contributed by atoms with van der Waals surface area (Å²) in [5.74, 6) is -1.11. The molecule has 0 spiro atoms. The van der Waals surface area contributed by atoms with E-state index in [1.807, 2.05) is 13.8 Å². The summed E-state index contributed by atoms with van der Waals surface area (Å²) in [6, 6.07) is 4.63. The first-order valence-electron chi connectivity index (χ1n) is 10.3. The van der Waals surface area contributed by atoms with E-state index in [4.69, 9.17) is 16.2 Å². The molecule has 2 unspecified atom stereocenters. The lowest BCUT2D eigenvalue weighted by molar-refractivity contribution is -0.137. The Kier molecular flexibility index (Phi) is 10.0. The lowest BCUT2D eigenvalue weighted by atomic mass is 9.77. The number of thiol groups is 1. The van der Waals surface area contributed by atoms with E-state index in [9.17, 15) is 19.2 Å². The number of benzene rings is 1. The molecule has 0 heterocycles. The standard InChI is InChI=1S/C22H34N4O5S/c1-13(2)12-22(3,20(23)29)17(32)11-18(27)26(21(24)30)16(19(28)25-4)10-14-6-8-15(31-5)9-7-14/h6-9,13,16-17,32H,10-12H2,1-5H3,(H2,23,29)(H2,24,30)(H,25,28)/t16-,17?,22?/m0/s1. The molecule has 5 amide bonds. The van der Waals surface area contributed by atoms with E-state index in [0.29, 0.717) is 17.7 Å². The molecular weight excluding hydrogens is 432 g/mol. The topological polar surface area (TPSA) is 145 Å². The van der Waals surface area contributed by atoms with Gasteiger partial charge in [-0.15, -0.1) is 0 Å². The highest BCUT2D eigenvalue weighted by Gasteiger charge is 2.42. The number of imide groups is 1. The van der Waals surface area contributed by atoms with Crippen molar-refractivity contribution in [2.75, 3.05) is 14.2 Å². The zero-order valence-electron chi connectivity index (χ0n) is 19.3. The van der Waals surface area contributed by atoms with Gasteiger partial charge in [0, 0.05) is 25.1 Å². The largest absolute Gasteiger partial charge is 0.497 e. The van der Waals surface area contributed by atoms with E-state index >= 15 is 0 Å². The number of likely N-dealkylation sites (N-methyl/N-ethyl adjacent to an activating group) is 1. The molecule has 178 valence electrons. The fourth-order valence-corrected chi connectivity index (χ4v) is 4.03. The van der Waals surface area contributed by atoms with Crippen molar-refractivity contribution in [3.8, 4) is 5.75 Å². The lowest BCUT2D eigenvalue weighted by Crippen LogP contribution is -2.55. The normalized spacial score (nSPS) is 14.7. The quantitative estimate of drug-likeness (QED) is 0.365. The number of primary amides is 2. The molecule has 0 fully saturated rings. The van der Waals surface area contributed by atoms with Crippen molar-refractivity contribution < 1.29 is 23.9 Å². The van der Waals surface area contributed by atoms with Gasteiger partial charge in [-0.05, 0) is 37.0 Å². The van der Waals surface area contributed by atoms with E-state index in [0.717, 1.165) is 4.90 Å². The van der Waals surface area contributed by atoms with E-state index in [-0.39, 0.29) is 18.8 Å². The van der Waals surface area contributed by atoms with Crippen LogP contribution in [0, 0.1) is 11.3 Å². The van der Waals surface area contributed by atoms with Gasteiger partial charge in [-0.1, -0.05) is 26.0 Å². The molecule has 0 aliphatic carbocycles. The number of nitrogens with two attached hydrogens (primary N) is 2. The van der Waals surface area contributed by atoms with Crippen LogP contribution in [0.15, 0.2) is 24.3 Å². The summed E-state index contributed by atoms with van der Waals surface area (Å²) in [6.45, 7) is 5.49. The summed E-state index contributed by atoms with van der Waals surface area (Å²) in [7, 11) is 2.93. The third kappa shape index (κ3) is 6.88. The van der Waals surface area contributed by atoms with Crippen LogP contribution < -0.4 is 21.5 Å². The number of carbonyl (C=O) groups excluding carboxylic acids is 4. The van der Waals surface area contributed by atoms with Gasteiger partial charge in [0.2, 0.25) is 17.7 Å². The maximum Gasteiger partial charge on any atom is 0.322 e. The van der Waals surface area contributed by atoms with Gasteiger partial charge in [0.05, 0.1) is 12.5 Å². The van der Waals surface area contributed by atoms with Gasteiger partial charge >= 0.3 is 6.03 Å². The third-order valence-electron chi connectivity index (χ3n) is 5.45. The summed E-state index contributed by atoms with van der Waals surface area (Å²) in [4.78, 5) is 50.8. The van der Waals surface area contributed by atoms with E-state index in [1.165, 1.54) is 14.2 Å². The fourth-order valence-electron chi connectivity index (χ4n) is 3.64. The zero-order valence-corrected chi connectivity index (χ0v) is 20.1. The molecule has 1 aromatic rings. The highest BCUT2D eigenvalue weighted by Crippen LogP contribution is 2.35. The summed E-state index contributed by atoms with van der Waals surface area (Å²) in [5, 5.41) is 1.69. The molecule has 0 saturated carbocycles. The lowest BCUT2D eigenvalue weighted by Gasteiger charge is -2.35. The molecule has 0 bridgehead atoms. The monoisotopic (exact) mass is 466 g/mol. The SMILES string of the molecule is CNC(=O)[C@H](Cc1ccc(OC)cc1)N(C(N)=O)C(=O)CC(S)C(C)(CC(C)C)C(N)=O. The van der Waals surface area contributed by atoms with Crippen molar-refractivity contribution in [2.45, 2.75) is 51.3 Å².